The van der Waals surface area contributed by atoms with Gasteiger partial charge < -0.3 is 10.5 Å². The number of hydrogen-bond acceptors (Lipinski definition) is 3. The van der Waals surface area contributed by atoms with Gasteiger partial charge in [0.2, 0.25) is 0 Å². The predicted molar refractivity (Wildman–Crippen MR) is 80.4 cm³/mol. The third-order valence-corrected chi connectivity index (χ3v) is 3.38. The molecular formula is C15H11BrN2O. The standard InChI is InChI=1S/C15H11BrN2O/c16-10-1-3-11(4-2-10)19-15-6-5-14(17)13-9-18-8-7-12(13)15/h1-9H,17H2. The van der Waals surface area contributed by atoms with E-state index in [1.54, 1.807) is 12.4 Å². The summed E-state index contributed by atoms with van der Waals surface area (Å²) in [5, 5.41) is 1.86. The van der Waals surface area contributed by atoms with Crippen LogP contribution in [-0.4, -0.2) is 4.98 Å². The van der Waals surface area contributed by atoms with E-state index in [9.17, 15) is 0 Å². The van der Waals surface area contributed by atoms with Crippen LogP contribution < -0.4 is 10.5 Å². The Kier molecular flexibility index (Phi) is 3.09. The molecule has 0 aliphatic heterocycles. The van der Waals surface area contributed by atoms with Crippen molar-refractivity contribution < 1.29 is 4.74 Å². The van der Waals surface area contributed by atoms with Crippen molar-refractivity contribution in [1.29, 1.82) is 0 Å². The molecule has 0 aliphatic rings. The van der Waals surface area contributed by atoms with E-state index in [-0.39, 0.29) is 0 Å². The second kappa shape index (κ2) is 4.90. The Hall–Kier alpha value is -2.07. The molecule has 0 spiro atoms. The van der Waals surface area contributed by atoms with Crippen molar-refractivity contribution in [2.24, 2.45) is 0 Å². The summed E-state index contributed by atoms with van der Waals surface area (Å²) in [6.45, 7) is 0. The first kappa shape index (κ1) is 12.0. The molecule has 0 atom stereocenters. The van der Waals surface area contributed by atoms with E-state index < -0.39 is 0 Å². The van der Waals surface area contributed by atoms with E-state index in [1.165, 1.54) is 0 Å². The zero-order chi connectivity index (χ0) is 13.2. The first-order valence-electron chi connectivity index (χ1n) is 5.80. The Balaban J connectivity index is 2.06. The van der Waals surface area contributed by atoms with Gasteiger partial charge in [-0.25, -0.2) is 0 Å². The number of hydrogen-bond donors (Lipinski definition) is 1. The van der Waals surface area contributed by atoms with E-state index in [2.05, 4.69) is 20.9 Å². The molecule has 2 aromatic carbocycles. The monoisotopic (exact) mass is 314 g/mol. The largest absolute Gasteiger partial charge is 0.457 e. The van der Waals surface area contributed by atoms with E-state index in [0.717, 1.165) is 26.7 Å². The van der Waals surface area contributed by atoms with Gasteiger partial charge in [-0.3, -0.25) is 4.98 Å². The first-order valence-corrected chi connectivity index (χ1v) is 6.59. The summed E-state index contributed by atoms with van der Waals surface area (Å²) < 4.78 is 6.92. The van der Waals surface area contributed by atoms with Crippen LogP contribution >= 0.6 is 15.9 Å². The fourth-order valence-corrected chi connectivity index (χ4v) is 2.17. The van der Waals surface area contributed by atoms with Gasteiger partial charge in [-0.1, -0.05) is 15.9 Å². The number of pyridine rings is 1. The number of aromatic nitrogens is 1. The molecule has 4 heteroatoms. The Morgan fingerprint density at radius 1 is 0.947 bits per heavy atom. The molecule has 0 unspecified atom stereocenters. The van der Waals surface area contributed by atoms with Gasteiger partial charge in [0, 0.05) is 33.3 Å². The van der Waals surface area contributed by atoms with Crippen molar-refractivity contribution in [2.75, 3.05) is 5.73 Å². The SMILES string of the molecule is Nc1ccc(Oc2ccc(Br)cc2)c2ccncc12. The fourth-order valence-electron chi connectivity index (χ4n) is 1.90. The topological polar surface area (TPSA) is 48.1 Å². The van der Waals surface area contributed by atoms with Crippen LogP contribution in [-0.2, 0) is 0 Å². The molecule has 3 nitrogen and oxygen atoms in total. The number of rotatable bonds is 2. The second-order valence-electron chi connectivity index (χ2n) is 4.13. The third kappa shape index (κ3) is 2.39. The molecule has 0 fully saturated rings. The van der Waals surface area contributed by atoms with E-state index in [4.69, 9.17) is 10.5 Å². The molecule has 3 rings (SSSR count). The lowest BCUT2D eigenvalue weighted by Crippen LogP contribution is -1.91. The van der Waals surface area contributed by atoms with E-state index in [1.807, 2.05) is 42.5 Å². The Labute approximate surface area is 119 Å². The molecule has 3 aromatic rings. The lowest BCUT2D eigenvalue weighted by Gasteiger charge is -2.10. The molecule has 0 radical (unpaired) electrons. The molecule has 1 heterocycles. The number of halogens is 1. The van der Waals surface area contributed by atoms with Crippen LogP contribution in [0.25, 0.3) is 10.8 Å². The summed E-state index contributed by atoms with van der Waals surface area (Å²) in [5.41, 5.74) is 6.64. The molecular weight excluding hydrogens is 304 g/mol. The Bertz CT molecular complexity index is 726. The smallest absolute Gasteiger partial charge is 0.135 e. The number of nitrogens with two attached hydrogens (primary N) is 1. The molecule has 94 valence electrons. The highest BCUT2D eigenvalue weighted by Gasteiger charge is 2.06. The summed E-state index contributed by atoms with van der Waals surface area (Å²) in [6, 6.07) is 13.3. The summed E-state index contributed by atoms with van der Waals surface area (Å²) in [6.07, 6.45) is 3.48. The molecule has 0 saturated carbocycles. The number of anilines is 1. The molecule has 0 aliphatic carbocycles. The second-order valence-corrected chi connectivity index (χ2v) is 5.05. The number of nitrogen functional groups attached to an aromatic ring is 1. The van der Waals surface area contributed by atoms with Crippen LogP contribution in [0.1, 0.15) is 0 Å². The molecule has 1 aromatic heterocycles. The summed E-state index contributed by atoms with van der Waals surface area (Å²) in [7, 11) is 0. The van der Waals surface area contributed by atoms with Gasteiger partial charge >= 0.3 is 0 Å². The van der Waals surface area contributed by atoms with Gasteiger partial charge in [-0.2, -0.15) is 0 Å². The summed E-state index contributed by atoms with van der Waals surface area (Å²) in [5.74, 6) is 1.56. The van der Waals surface area contributed by atoms with Gasteiger partial charge in [-0.05, 0) is 42.5 Å². The Morgan fingerprint density at radius 2 is 1.74 bits per heavy atom. The molecule has 0 saturated heterocycles. The molecule has 19 heavy (non-hydrogen) atoms. The van der Waals surface area contributed by atoms with Crippen molar-refractivity contribution in [3.8, 4) is 11.5 Å². The van der Waals surface area contributed by atoms with Crippen molar-refractivity contribution in [3.63, 3.8) is 0 Å². The molecule has 0 bridgehead atoms. The fraction of sp³-hybridized carbons (Fsp3) is 0. The first-order chi connectivity index (χ1) is 9.24. The van der Waals surface area contributed by atoms with E-state index in [0.29, 0.717) is 5.69 Å². The zero-order valence-electron chi connectivity index (χ0n) is 10.0. The third-order valence-electron chi connectivity index (χ3n) is 2.85. The van der Waals surface area contributed by atoms with Crippen LogP contribution in [0.3, 0.4) is 0 Å². The van der Waals surface area contributed by atoms with Gasteiger partial charge in [0.15, 0.2) is 0 Å². The minimum Gasteiger partial charge on any atom is -0.457 e. The zero-order valence-corrected chi connectivity index (χ0v) is 11.6. The van der Waals surface area contributed by atoms with Crippen LogP contribution in [0.4, 0.5) is 5.69 Å². The van der Waals surface area contributed by atoms with Crippen LogP contribution in [0, 0.1) is 0 Å². The molecule has 2 N–H and O–H groups in total. The highest BCUT2D eigenvalue weighted by atomic mass is 79.9. The molecule has 0 amide bonds. The van der Waals surface area contributed by atoms with Crippen molar-refractivity contribution >= 4 is 32.4 Å². The number of benzene rings is 2. The normalized spacial score (nSPS) is 10.6. The maximum Gasteiger partial charge on any atom is 0.135 e. The highest BCUT2D eigenvalue weighted by Crippen LogP contribution is 2.32. The van der Waals surface area contributed by atoms with Gasteiger partial charge in [0.05, 0.1) is 0 Å². The Morgan fingerprint density at radius 3 is 2.53 bits per heavy atom. The van der Waals surface area contributed by atoms with Gasteiger partial charge in [0.1, 0.15) is 11.5 Å². The van der Waals surface area contributed by atoms with Gasteiger partial charge in [-0.15, -0.1) is 0 Å². The highest BCUT2D eigenvalue weighted by molar-refractivity contribution is 9.10. The van der Waals surface area contributed by atoms with Crippen molar-refractivity contribution in [3.05, 3.63) is 59.3 Å². The summed E-state index contributed by atoms with van der Waals surface area (Å²) >= 11 is 3.40. The lowest BCUT2D eigenvalue weighted by molar-refractivity contribution is 0.488. The quantitative estimate of drug-likeness (QED) is 0.714. The maximum absolute atomic E-state index is 5.94. The maximum atomic E-state index is 5.94. The van der Waals surface area contributed by atoms with Crippen LogP contribution in [0.5, 0.6) is 11.5 Å². The number of nitrogens with zero attached hydrogens (tertiary/aromatic N) is 1. The van der Waals surface area contributed by atoms with Crippen molar-refractivity contribution in [1.82, 2.24) is 4.98 Å². The number of ether oxygens (including phenoxy) is 1. The summed E-state index contributed by atoms with van der Waals surface area (Å²) in [4.78, 5) is 4.09. The van der Waals surface area contributed by atoms with Gasteiger partial charge in [0.25, 0.3) is 0 Å². The van der Waals surface area contributed by atoms with E-state index >= 15 is 0 Å². The lowest BCUT2D eigenvalue weighted by atomic mass is 10.1. The van der Waals surface area contributed by atoms with Crippen LogP contribution in [0.2, 0.25) is 0 Å². The van der Waals surface area contributed by atoms with Crippen molar-refractivity contribution in [2.45, 2.75) is 0 Å². The number of fused-ring (bicyclic) bond motifs is 1. The predicted octanol–water partition coefficient (Wildman–Crippen LogP) is 4.37. The average Bonchev–Trinajstić information content (AvgIpc) is 2.45. The van der Waals surface area contributed by atoms with Crippen LogP contribution in [0.15, 0.2) is 59.3 Å². The average molecular weight is 315 g/mol. The minimum absolute atomic E-state index is 0.700. The minimum atomic E-state index is 0.700.